The van der Waals surface area contributed by atoms with Crippen molar-refractivity contribution in [1.29, 1.82) is 0 Å². The highest BCUT2D eigenvalue weighted by Gasteiger charge is 2.31. The van der Waals surface area contributed by atoms with E-state index in [1.54, 1.807) is 23.9 Å². The van der Waals surface area contributed by atoms with Gasteiger partial charge in [0, 0.05) is 11.6 Å². The van der Waals surface area contributed by atoms with Crippen molar-refractivity contribution in [3.8, 4) is 11.5 Å². The Morgan fingerprint density at radius 1 is 0.972 bits per heavy atom. The van der Waals surface area contributed by atoms with Crippen LogP contribution in [-0.4, -0.2) is 35.4 Å². The van der Waals surface area contributed by atoms with Gasteiger partial charge in [0.15, 0.2) is 11.5 Å². The highest BCUT2D eigenvalue weighted by Crippen LogP contribution is 2.30. The molecule has 0 saturated heterocycles. The zero-order valence-corrected chi connectivity index (χ0v) is 19.5. The molecule has 3 aromatic heterocycles. The lowest BCUT2D eigenvalue weighted by Crippen LogP contribution is -2.17. The van der Waals surface area contributed by atoms with Crippen LogP contribution >= 0.6 is 0 Å². The highest BCUT2D eigenvalue weighted by molar-refractivity contribution is 6.04. The summed E-state index contributed by atoms with van der Waals surface area (Å²) in [6.45, 7) is 5.72. The summed E-state index contributed by atoms with van der Waals surface area (Å²) in [6, 6.07) is 11.8. The summed E-state index contributed by atoms with van der Waals surface area (Å²) in [4.78, 5) is 21.6. The number of carbonyl (C=O) groups is 1. The monoisotopic (exact) mass is 491 g/mol. The lowest BCUT2D eigenvalue weighted by molar-refractivity contribution is -0.137. The average Bonchev–Trinajstić information content (AvgIpc) is 3.42. The van der Waals surface area contributed by atoms with Gasteiger partial charge in [-0.05, 0) is 50.6 Å². The molecule has 2 aromatic carbocycles. The summed E-state index contributed by atoms with van der Waals surface area (Å²) in [7, 11) is 0. The predicted octanol–water partition coefficient (Wildman–Crippen LogP) is 5.20. The topological polar surface area (TPSA) is 90.5 Å². The van der Waals surface area contributed by atoms with Crippen LogP contribution in [0.15, 0.2) is 61.1 Å². The molecule has 3 heterocycles. The molecular formula is C25H20F3N7O. The molecule has 0 saturated carbocycles. The number of nitrogens with one attached hydrogen (secondary N) is 1. The molecule has 5 rings (SSSR count). The fourth-order valence-electron chi connectivity index (χ4n) is 4.00. The molecule has 0 spiro atoms. The molecule has 36 heavy (non-hydrogen) atoms. The lowest BCUT2D eigenvalue weighted by atomic mass is 10.1. The van der Waals surface area contributed by atoms with Crippen LogP contribution in [0.5, 0.6) is 0 Å². The van der Waals surface area contributed by atoms with E-state index in [0.717, 1.165) is 28.9 Å². The third-order valence-corrected chi connectivity index (χ3v) is 5.65. The first-order valence-electron chi connectivity index (χ1n) is 10.9. The van der Waals surface area contributed by atoms with Crippen molar-refractivity contribution >= 4 is 22.8 Å². The number of fused-ring (bicyclic) bond motifs is 1. The number of aryl methyl sites for hydroxylation is 3. The van der Waals surface area contributed by atoms with E-state index in [2.05, 4.69) is 25.5 Å². The normalized spacial score (nSPS) is 11.7. The van der Waals surface area contributed by atoms with E-state index < -0.39 is 17.6 Å². The summed E-state index contributed by atoms with van der Waals surface area (Å²) in [5.74, 6) is -0.101. The van der Waals surface area contributed by atoms with Gasteiger partial charge in [-0.1, -0.05) is 23.8 Å². The van der Waals surface area contributed by atoms with Gasteiger partial charge in [-0.3, -0.25) is 4.79 Å². The Labute approximate surface area is 203 Å². The summed E-state index contributed by atoms with van der Waals surface area (Å²) < 4.78 is 42.4. The van der Waals surface area contributed by atoms with Crippen molar-refractivity contribution in [2.24, 2.45) is 0 Å². The number of nitrogens with zero attached hydrogens (tertiary/aromatic N) is 6. The van der Waals surface area contributed by atoms with Crippen LogP contribution in [0.4, 0.5) is 19.0 Å². The first-order valence-corrected chi connectivity index (χ1v) is 10.9. The van der Waals surface area contributed by atoms with E-state index in [9.17, 15) is 18.0 Å². The Morgan fingerprint density at radius 3 is 2.53 bits per heavy atom. The molecule has 1 N–H and O–H groups in total. The predicted molar refractivity (Wildman–Crippen MR) is 127 cm³/mol. The second kappa shape index (κ2) is 8.59. The van der Waals surface area contributed by atoms with Crippen LogP contribution in [0.25, 0.3) is 22.5 Å². The number of amides is 1. The van der Waals surface area contributed by atoms with Crippen molar-refractivity contribution in [3.05, 3.63) is 89.0 Å². The van der Waals surface area contributed by atoms with Gasteiger partial charge < -0.3 is 5.32 Å². The van der Waals surface area contributed by atoms with E-state index in [0.29, 0.717) is 22.5 Å². The molecule has 5 aromatic rings. The molecule has 0 fully saturated rings. The zero-order chi connectivity index (χ0) is 25.6. The molecular weight excluding hydrogens is 471 g/mol. The van der Waals surface area contributed by atoms with Gasteiger partial charge in [-0.15, -0.1) is 0 Å². The van der Waals surface area contributed by atoms with E-state index >= 15 is 0 Å². The smallest absolute Gasteiger partial charge is 0.306 e. The Balaban J connectivity index is 1.54. The molecule has 1 amide bonds. The molecule has 0 radical (unpaired) electrons. The van der Waals surface area contributed by atoms with Gasteiger partial charge in [0.25, 0.3) is 5.91 Å². The number of benzene rings is 2. The van der Waals surface area contributed by atoms with Crippen LogP contribution in [0.3, 0.4) is 0 Å². The first kappa shape index (κ1) is 23.2. The number of anilines is 1. The van der Waals surface area contributed by atoms with Crippen molar-refractivity contribution in [3.63, 3.8) is 0 Å². The van der Waals surface area contributed by atoms with Gasteiger partial charge in [0.05, 0.1) is 28.5 Å². The summed E-state index contributed by atoms with van der Waals surface area (Å²) >= 11 is 0. The van der Waals surface area contributed by atoms with Crippen LogP contribution in [-0.2, 0) is 6.18 Å². The second-order valence-electron chi connectivity index (χ2n) is 8.40. The van der Waals surface area contributed by atoms with Gasteiger partial charge in [0.2, 0.25) is 0 Å². The van der Waals surface area contributed by atoms with Gasteiger partial charge in [0.1, 0.15) is 12.1 Å². The number of hydrogen-bond donors (Lipinski definition) is 1. The summed E-state index contributed by atoms with van der Waals surface area (Å²) in [5.41, 5.74) is 3.07. The van der Waals surface area contributed by atoms with E-state index in [1.807, 2.05) is 32.0 Å². The van der Waals surface area contributed by atoms with Gasteiger partial charge in [-0.2, -0.15) is 28.1 Å². The molecule has 8 nitrogen and oxygen atoms in total. The average molecular weight is 491 g/mol. The zero-order valence-electron chi connectivity index (χ0n) is 19.5. The number of carbonyl (C=O) groups excluding carboxylic acids is 1. The largest absolute Gasteiger partial charge is 0.416 e. The number of aromatic nitrogens is 6. The van der Waals surface area contributed by atoms with Crippen LogP contribution < -0.4 is 5.32 Å². The number of hydrogen-bond acceptors (Lipinski definition) is 5. The molecule has 0 aliphatic rings. The van der Waals surface area contributed by atoms with Gasteiger partial charge >= 0.3 is 6.18 Å². The quantitative estimate of drug-likeness (QED) is 0.373. The SMILES string of the molecule is Cc1ccc(-n2ncc3c(-n4nc(C)cc4NC(=O)c4cccc(C(F)(F)F)c4)ncnc32)c(C)c1. The lowest BCUT2D eigenvalue weighted by Gasteiger charge is -2.11. The maximum atomic E-state index is 13.1. The Hall–Kier alpha value is -4.54. The summed E-state index contributed by atoms with van der Waals surface area (Å²) in [5, 5.41) is 12.2. The highest BCUT2D eigenvalue weighted by atomic mass is 19.4. The standard InChI is InChI=1S/C25H20F3N7O/c1-14-7-8-20(15(2)9-14)34-22-19(12-31-34)23(30-13-29-22)35-21(10-16(3)33-35)32-24(36)17-5-4-6-18(11-17)25(26,27)28/h4-13H,1-3H3,(H,32,36). The molecule has 0 bridgehead atoms. The fourth-order valence-corrected chi connectivity index (χ4v) is 4.00. The fraction of sp³-hybridized carbons (Fsp3) is 0.160. The number of alkyl halides is 3. The molecule has 0 aliphatic carbocycles. The Kier molecular flexibility index (Phi) is 5.54. The minimum Gasteiger partial charge on any atom is -0.306 e. The van der Waals surface area contributed by atoms with Crippen molar-refractivity contribution in [2.45, 2.75) is 26.9 Å². The minimum absolute atomic E-state index is 0.134. The molecule has 0 atom stereocenters. The van der Waals surface area contributed by atoms with Crippen molar-refractivity contribution < 1.29 is 18.0 Å². The maximum Gasteiger partial charge on any atom is 0.416 e. The van der Waals surface area contributed by atoms with Gasteiger partial charge in [-0.25, -0.2) is 14.6 Å². The molecule has 0 aliphatic heterocycles. The summed E-state index contributed by atoms with van der Waals surface area (Å²) in [6.07, 6.45) is -1.58. The number of rotatable bonds is 4. The Bertz CT molecular complexity index is 1620. The van der Waals surface area contributed by atoms with E-state index in [1.165, 1.54) is 23.1 Å². The third-order valence-electron chi connectivity index (χ3n) is 5.65. The first-order chi connectivity index (χ1) is 17.1. The van der Waals surface area contributed by atoms with Crippen LogP contribution in [0.1, 0.15) is 32.7 Å². The second-order valence-corrected chi connectivity index (χ2v) is 8.40. The van der Waals surface area contributed by atoms with Crippen molar-refractivity contribution in [2.75, 3.05) is 5.32 Å². The molecule has 11 heteroatoms. The van der Waals surface area contributed by atoms with Crippen LogP contribution in [0.2, 0.25) is 0 Å². The van der Waals surface area contributed by atoms with Crippen LogP contribution in [0, 0.1) is 20.8 Å². The molecule has 0 unspecified atom stereocenters. The third kappa shape index (κ3) is 4.19. The minimum atomic E-state index is -4.56. The molecule has 182 valence electrons. The van der Waals surface area contributed by atoms with E-state index in [4.69, 9.17) is 0 Å². The number of halogens is 3. The maximum absolute atomic E-state index is 13.1. The van der Waals surface area contributed by atoms with E-state index in [-0.39, 0.29) is 11.4 Å². The Morgan fingerprint density at radius 2 is 1.78 bits per heavy atom. The van der Waals surface area contributed by atoms with Crippen molar-refractivity contribution in [1.82, 2.24) is 29.5 Å².